The highest BCUT2D eigenvalue weighted by Gasteiger charge is 2.22. The van der Waals surface area contributed by atoms with E-state index in [0.29, 0.717) is 23.6 Å². The number of halogens is 1. The third-order valence-electron chi connectivity index (χ3n) is 3.35. The summed E-state index contributed by atoms with van der Waals surface area (Å²) in [6, 6.07) is 2.34. The topological polar surface area (TPSA) is 37.4 Å². The molecule has 0 saturated heterocycles. The molecular weight excluding hydrogens is 274 g/mol. The smallest absolute Gasteiger partial charge is 0.232 e. The van der Waals surface area contributed by atoms with Gasteiger partial charge in [-0.2, -0.15) is 0 Å². The lowest BCUT2D eigenvalue weighted by atomic mass is 10.1. The Balaban J connectivity index is 2.64. The standard InChI is InChI=1S/C15H26ClN3O/c1-11(2)17-8-12-7-13(16)14(18-9-12)20-10-15(3,4)19(5)6/h7,9,11,17H,8,10H2,1-6H3. The maximum Gasteiger partial charge on any atom is 0.232 e. The molecule has 0 radical (unpaired) electrons. The molecule has 0 aromatic carbocycles. The molecule has 4 nitrogen and oxygen atoms in total. The van der Waals surface area contributed by atoms with Gasteiger partial charge in [0.2, 0.25) is 5.88 Å². The SMILES string of the molecule is CC(C)NCc1cnc(OCC(C)(C)N(C)C)c(Cl)c1. The summed E-state index contributed by atoms with van der Waals surface area (Å²) in [5.41, 5.74) is 0.992. The van der Waals surface area contributed by atoms with Crippen LogP contribution in [0.15, 0.2) is 12.3 Å². The Labute approximate surface area is 127 Å². The quantitative estimate of drug-likeness (QED) is 0.840. The van der Waals surface area contributed by atoms with Gasteiger partial charge in [0, 0.05) is 24.3 Å². The van der Waals surface area contributed by atoms with Crippen molar-refractivity contribution in [1.82, 2.24) is 15.2 Å². The van der Waals surface area contributed by atoms with Crippen molar-refractivity contribution in [2.24, 2.45) is 0 Å². The largest absolute Gasteiger partial charge is 0.475 e. The number of rotatable bonds is 7. The van der Waals surface area contributed by atoms with E-state index in [1.807, 2.05) is 20.2 Å². The molecule has 114 valence electrons. The molecule has 1 N–H and O–H groups in total. The lowest BCUT2D eigenvalue weighted by Gasteiger charge is -2.32. The Morgan fingerprint density at radius 1 is 1.40 bits per heavy atom. The lowest BCUT2D eigenvalue weighted by Crippen LogP contribution is -2.43. The minimum atomic E-state index is -0.0666. The van der Waals surface area contributed by atoms with Gasteiger partial charge in [-0.25, -0.2) is 4.98 Å². The average Bonchev–Trinajstić information content (AvgIpc) is 2.35. The third-order valence-corrected chi connectivity index (χ3v) is 3.62. The van der Waals surface area contributed by atoms with Gasteiger partial charge < -0.3 is 15.0 Å². The predicted molar refractivity (Wildman–Crippen MR) is 84.5 cm³/mol. The number of hydrogen-bond donors (Lipinski definition) is 1. The highest BCUT2D eigenvalue weighted by Crippen LogP contribution is 2.24. The summed E-state index contributed by atoms with van der Waals surface area (Å²) in [4.78, 5) is 6.42. The first-order valence-electron chi connectivity index (χ1n) is 6.90. The first-order chi connectivity index (χ1) is 9.22. The Kier molecular flexibility index (Phi) is 6.24. The predicted octanol–water partition coefficient (Wildman–Crippen LogP) is 2.95. The van der Waals surface area contributed by atoms with Crippen LogP contribution in [0.2, 0.25) is 5.02 Å². The van der Waals surface area contributed by atoms with E-state index in [9.17, 15) is 0 Å². The average molecular weight is 300 g/mol. The van der Waals surface area contributed by atoms with Crippen LogP contribution in [0, 0.1) is 0 Å². The molecule has 0 fully saturated rings. The van der Waals surface area contributed by atoms with E-state index in [0.717, 1.165) is 12.1 Å². The number of nitrogens with zero attached hydrogens (tertiary/aromatic N) is 2. The maximum atomic E-state index is 6.22. The van der Waals surface area contributed by atoms with Crippen LogP contribution in [0.4, 0.5) is 0 Å². The van der Waals surface area contributed by atoms with Crippen LogP contribution in [0.1, 0.15) is 33.3 Å². The first kappa shape index (κ1) is 17.2. The molecule has 0 unspecified atom stereocenters. The van der Waals surface area contributed by atoms with Gasteiger partial charge in [0.05, 0.1) is 0 Å². The van der Waals surface area contributed by atoms with Gasteiger partial charge in [0.1, 0.15) is 11.6 Å². The van der Waals surface area contributed by atoms with E-state index in [4.69, 9.17) is 16.3 Å². The summed E-state index contributed by atoms with van der Waals surface area (Å²) in [6.07, 6.45) is 1.80. The number of hydrogen-bond acceptors (Lipinski definition) is 4. The van der Waals surface area contributed by atoms with Crippen LogP contribution >= 0.6 is 11.6 Å². The highest BCUT2D eigenvalue weighted by atomic mass is 35.5. The van der Waals surface area contributed by atoms with Crippen molar-refractivity contribution in [3.05, 3.63) is 22.8 Å². The molecule has 0 aliphatic rings. The van der Waals surface area contributed by atoms with Crippen LogP contribution in [0.3, 0.4) is 0 Å². The molecule has 1 aromatic rings. The summed E-state index contributed by atoms with van der Waals surface area (Å²) in [7, 11) is 4.05. The molecule has 0 atom stereocenters. The fourth-order valence-corrected chi connectivity index (χ4v) is 1.61. The number of pyridine rings is 1. The number of nitrogens with one attached hydrogen (secondary N) is 1. The molecule has 0 saturated carbocycles. The van der Waals surface area contributed by atoms with Crippen molar-refractivity contribution < 1.29 is 4.74 Å². The summed E-state index contributed by atoms with van der Waals surface area (Å²) in [5, 5.41) is 3.89. The Hall–Kier alpha value is -0.840. The van der Waals surface area contributed by atoms with Gasteiger partial charge in [-0.3, -0.25) is 0 Å². The molecule has 20 heavy (non-hydrogen) atoms. The first-order valence-corrected chi connectivity index (χ1v) is 7.28. The van der Waals surface area contributed by atoms with Crippen molar-refractivity contribution >= 4 is 11.6 Å². The zero-order chi connectivity index (χ0) is 15.3. The number of ether oxygens (including phenoxy) is 1. The van der Waals surface area contributed by atoms with Gasteiger partial charge in [0.15, 0.2) is 0 Å². The van der Waals surface area contributed by atoms with Crippen LogP contribution in [0.5, 0.6) is 5.88 Å². The van der Waals surface area contributed by atoms with Crippen molar-refractivity contribution in [2.45, 2.75) is 45.8 Å². The maximum absolute atomic E-state index is 6.22. The Morgan fingerprint density at radius 3 is 2.55 bits per heavy atom. The molecule has 0 aliphatic carbocycles. The van der Waals surface area contributed by atoms with Crippen molar-refractivity contribution in [3.8, 4) is 5.88 Å². The van der Waals surface area contributed by atoms with Crippen molar-refractivity contribution in [3.63, 3.8) is 0 Å². The van der Waals surface area contributed by atoms with E-state index in [2.05, 4.69) is 42.9 Å². The molecule has 1 heterocycles. The molecule has 0 amide bonds. The molecule has 1 rings (SSSR count). The van der Waals surface area contributed by atoms with Gasteiger partial charge in [-0.15, -0.1) is 0 Å². The molecule has 0 aliphatic heterocycles. The van der Waals surface area contributed by atoms with E-state index in [1.54, 1.807) is 6.20 Å². The molecule has 5 heteroatoms. The van der Waals surface area contributed by atoms with Crippen LogP contribution in [0.25, 0.3) is 0 Å². The van der Waals surface area contributed by atoms with Gasteiger partial charge in [0.25, 0.3) is 0 Å². The summed E-state index contributed by atoms with van der Waals surface area (Å²) in [6.45, 7) is 9.74. The third kappa shape index (κ3) is 5.27. The number of aromatic nitrogens is 1. The van der Waals surface area contributed by atoms with Crippen LogP contribution in [-0.4, -0.2) is 42.2 Å². The lowest BCUT2D eigenvalue weighted by molar-refractivity contribution is 0.111. The van der Waals surface area contributed by atoms with E-state index in [1.165, 1.54) is 0 Å². The van der Waals surface area contributed by atoms with Crippen LogP contribution < -0.4 is 10.1 Å². The number of likely N-dealkylation sites (N-methyl/N-ethyl adjacent to an activating group) is 1. The minimum Gasteiger partial charge on any atom is -0.475 e. The zero-order valence-electron chi connectivity index (χ0n) is 13.3. The van der Waals surface area contributed by atoms with Gasteiger partial charge in [-0.1, -0.05) is 25.4 Å². The zero-order valence-corrected chi connectivity index (χ0v) is 14.1. The van der Waals surface area contributed by atoms with Crippen molar-refractivity contribution in [2.75, 3.05) is 20.7 Å². The normalized spacial score (nSPS) is 12.2. The Bertz CT molecular complexity index is 433. The van der Waals surface area contributed by atoms with E-state index in [-0.39, 0.29) is 5.54 Å². The van der Waals surface area contributed by atoms with Gasteiger partial charge >= 0.3 is 0 Å². The summed E-state index contributed by atoms with van der Waals surface area (Å²) < 4.78 is 5.74. The van der Waals surface area contributed by atoms with E-state index >= 15 is 0 Å². The fraction of sp³-hybridized carbons (Fsp3) is 0.667. The summed E-state index contributed by atoms with van der Waals surface area (Å²) >= 11 is 6.22. The van der Waals surface area contributed by atoms with Crippen molar-refractivity contribution in [1.29, 1.82) is 0 Å². The molecule has 0 bridgehead atoms. The fourth-order valence-electron chi connectivity index (χ4n) is 1.36. The second-order valence-electron chi connectivity index (χ2n) is 6.16. The Morgan fingerprint density at radius 2 is 2.05 bits per heavy atom. The molecule has 0 spiro atoms. The minimum absolute atomic E-state index is 0.0666. The van der Waals surface area contributed by atoms with Gasteiger partial charge in [-0.05, 0) is 39.6 Å². The monoisotopic (exact) mass is 299 g/mol. The second-order valence-corrected chi connectivity index (χ2v) is 6.57. The highest BCUT2D eigenvalue weighted by molar-refractivity contribution is 6.31. The van der Waals surface area contributed by atoms with E-state index < -0.39 is 0 Å². The molecular formula is C15H26ClN3O. The van der Waals surface area contributed by atoms with Crippen LogP contribution in [-0.2, 0) is 6.54 Å². The second kappa shape index (κ2) is 7.25. The summed E-state index contributed by atoms with van der Waals surface area (Å²) in [5.74, 6) is 0.495. The molecule has 1 aromatic heterocycles.